The van der Waals surface area contributed by atoms with Crippen molar-refractivity contribution < 1.29 is 0 Å². The molecule has 0 radical (unpaired) electrons. The third-order valence-electron chi connectivity index (χ3n) is 5.28. The summed E-state index contributed by atoms with van der Waals surface area (Å²) >= 11 is 0. The Kier molecular flexibility index (Phi) is 3.28. The lowest BCUT2D eigenvalue weighted by atomic mass is 9.79. The van der Waals surface area contributed by atoms with Crippen LogP contribution < -0.4 is 5.73 Å². The molecular weight excluding hydrogens is 256 g/mol. The Morgan fingerprint density at radius 1 is 0.905 bits per heavy atom. The molecule has 0 aromatic heterocycles. The van der Waals surface area contributed by atoms with Crippen molar-refractivity contribution in [3.63, 3.8) is 0 Å². The molecule has 0 aliphatic carbocycles. The van der Waals surface area contributed by atoms with Gasteiger partial charge in [0.1, 0.15) is 0 Å². The maximum atomic E-state index is 6.60. The molecule has 2 saturated heterocycles. The van der Waals surface area contributed by atoms with Gasteiger partial charge in [-0.3, -0.25) is 4.90 Å². The largest absolute Gasteiger partial charge is 0.326 e. The van der Waals surface area contributed by atoms with Crippen molar-refractivity contribution in [2.45, 2.75) is 24.4 Å². The Hall–Kier alpha value is -1.64. The van der Waals surface area contributed by atoms with Crippen LogP contribution in [0.25, 0.3) is 0 Å². The van der Waals surface area contributed by atoms with Gasteiger partial charge in [-0.1, -0.05) is 60.7 Å². The van der Waals surface area contributed by atoms with Crippen molar-refractivity contribution in [3.8, 4) is 0 Å². The van der Waals surface area contributed by atoms with Crippen LogP contribution in [0.4, 0.5) is 0 Å². The van der Waals surface area contributed by atoms with E-state index in [-0.39, 0.29) is 0 Å². The van der Waals surface area contributed by atoms with Gasteiger partial charge in [-0.05, 0) is 30.0 Å². The molecule has 0 amide bonds. The van der Waals surface area contributed by atoms with E-state index in [0.717, 1.165) is 0 Å². The Balaban J connectivity index is 1.78. The average Bonchev–Trinajstić information content (AvgIpc) is 3.13. The molecule has 0 spiro atoms. The number of nitrogens with two attached hydrogens (primary N) is 1. The first-order valence-corrected chi connectivity index (χ1v) is 7.94. The molecule has 2 aliphatic rings. The molecule has 2 heterocycles. The Bertz CT molecular complexity index is 554. The molecule has 4 rings (SSSR count). The fourth-order valence-corrected chi connectivity index (χ4v) is 4.26. The molecule has 2 aliphatic heterocycles. The molecule has 2 fully saturated rings. The van der Waals surface area contributed by atoms with Crippen molar-refractivity contribution >= 4 is 0 Å². The van der Waals surface area contributed by atoms with E-state index in [1.54, 1.807) is 0 Å². The minimum atomic E-state index is 0.296. The molecule has 4 atom stereocenters. The van der Waals surface area contributed by atoms with Gasteiger partial charge in [0.05, 0.1) is 0 Å². The highest BCUT2D eigenvalue weighted by Crippen LogP contribution is 2.42. The first kappa shape index (κ1) is 13.1. The number of nitrogens with zero attached hydrogens (tertiary/aromatic N) is 1. The van der Waals surface area contributed by atoms with E-state index in [0.29, 0.717) is 23.9 Å². The van der Waals surface area contributed by atoms with Crippen LogP contribution in [0.15, 0.2) is 60.7 Å². The highest BCUT2D eigenvalue weighted by atomic mass is 15.2. The normalized spacial score (nSPS) is 31.0. The minimum Gasteiger partial charge on any atom is -0.326 e. The van der Waals surface area contributed by atoms with Gasteiger partial charge in [-0.2, -0.15) is 0 Å². The van der Waals surface area contributed by atoms with E-state index in [4.69, 9.17) is 5.73 Å². The number of piperidine rings is 1. The van der Waals surface area contributed by atoms with Gasteiger partial charge in [0.25, 0.3) is 0 Å². The summed E-state index contributed by atoms with van der Waals surface area (Å²) in [5.74, 6) is 1.07. The van der Waals surface area contributed by atoms with Crippen LogP contribution in [0.3, 0.4) is 0 Å². The number of hydrogen-bond donors (Lipinski definition) is 1. The Labute approximate surface area is 126 Å². The van der Waals surface area contributed by atoms with Gasteiger partial charge in [0.2, 0.25) is 0 Å². The van der Waals surface area contributed by atoms with Crippen molar-refractivity contribution in [1.82, 2.24) is 4.90 Å². The second-order valence-electron chi connectivity index (χ2n) is 6.41. The third kappa shape index (κ3) is 2.19. The van der Waals surface area contributed by atoms with Crippen LogP contribution in [0.1, 0.15) is 23.5 Å². The van der Waals surface area contributed by atoms with Gasteiger partial charge in [-0.25, -0.2) is 0 Å². The molecule has 21 heavy (non-hydrogen) atoms. The predicted octanol–water partition coefficient (Wildman–Crippen LogP) is 2.85. The van der Waals surface area contributed by atoms with E-state index in [1.165, 1.54) is 30.6 Å². The van der Waals surface area contributed by atoms with Crippen LogP contribution in [-0.4, -0.2) is 30.1 Å². The zero-order valence-electron chi connectivity index (χ0n) is 12.2. The summed E-state index contributed by atoms with van der Waals surface area (Å²) in [4.78, 5) is 2.61. The monoisotopic (exact) mass is 278 g/mol. The molecule has 2 bridgehead atoms. The number of fused-ring (bicyclic) bond motifs is 2. The smallest absolute Gasteiger partial charge is 0.0359 e. The van der Waals surface area contributed by atoms with Crippen molar-refractivity contribution in [1.29, 1.82) is 0 Å². The molecule has 4 unspecified atom stereocenters. The zero-order valence-corrected chi connectivity index (χ0v) is 12.2. The van der Waals surface area contributed by atoms with Gasteiger partial charge >= 0.3 is 0 Å². The lowest BCUT2D eigenvalue weighted by molar-refractivity contribution is 0.219. The Morgan fingerprint density at radius 3 is 1.95 bits per heavy atom. The highest BCUT2D eigenvalue weighted by Gasteiger charge is 2.47. The average molecular weight is 278 g/mol. The van der Waals surface area contributed by atoms with Crippen molar-refractivity contribution in [2.24, 2.45) is 11.7 Å². The first-order chi connectivity index (χ1) is 10.3. The number of rotatable bonds is 3. The van der Waals surface area contributed by atoms with E-state index < -0.39 is 0 Å². The topological polar surface area (TPSA) is 29.3 Å². The quantitative estimate of drug-likeness (QED) is 0.935. The fourth-order valence-electron chi connectivity index (χ4n) is 4.26. The maximum Gasteiger partial charge on any atom is 0.0359 e. The summed E-state index contributed by atoms with van der Waals surface area (Å²) in [6.45, 7) is 2.39. The maximum absolute atomic E-state index is 6.60. The third-order valence-corrected chi connectivity index (χ3v) is 5.28. The van der Waals surface area contributed by atoms with Gasteiger partial charge in [0.15, 0.2) is 0 Å². The summed E-state index contributed by atoms with van der Waals surface area (Å²) in [5, 5.41) is 0. The lowest BCUT2D eigenvalue weighted by Gasteiger charge is -2.37. The van der Waals surface area contributed by atoms with Crippen LogP contribution in [0.5, 0.6) is 0 Å². The molecular formula is C19H22N2. The van der Waals surface area contributed by atoms with E-state index in [2.05, 4.69) is 65.6 Å². The standard InChI is InChI=1S/C19H22N2/c20-18-16-11-12-21(13-16)19(18)17(14-7-3-1-4-8-14)15-9-5-2-6-10-15/h1-10,16-19H,11-13,20H2. The van der Waals surface area contributed by atoms with Gasteiger partial charge < -0.3 is 5.73 Å². The number of benzene rings is 2. The second-order valence-corrected chi connectivity index (χ2v) is 6.41. The van der Waals surface area contributed by atoms with Crippen LogP contribution in [0.2, 0.25) is 0 Å². The highest BCUT2D eigenvalue weighted by molar-refractivity contribution is 5.36. The molecule has 0 saturated carbocycles. The van der Waals surface area contributed by atoms with E-state index in [9.17, 15) is 0 Å². The SMILES string of the molecule is NC1C2CCN(C2)C1C(c1ccccc1)c1ccccc1. The summed E-state index contributed by atoms with van der Waals surface area (Å²) in [5.41, 5.74) is 9.37. The molecule has 108 valence electrons. The first-order valence-electron chi connectivity index (χ1n) is 7.94. The summed E-state index contributed by atoms with van der Waals surface area (Å²) in [6.07, 6.45) is 1.27. The van der Waals surface area contributed by atoms with Gasteiger partial charge in [0, 0.05) is 24.5 Å². The van der Waals surface area contributed by atoms with Crippen LogP contribution in [0, 0.1) is 5.92 Å². The van der Waals surface area contributed by atoms with Crippen LogP contribution in [-0.2, 0) is 0 Å². The van der Waals surface area contributed by atoms with E-state index >= 15 is 0 Å². The van der Waals surface area contributed by atoms with Crippen LogP contribution >= 0.6 is 0 Å². The lowest BCUT2D eigenvalue weighted by Crippen LogP contribution is -2.48. The fraction of sp³-hybridized carbons (Fsp3) is 0.368. The summed E-state index contributed by atoms with van der Waals surface area (Å²) in [6, 6.07) is 22.5. The van der Waals surface area contributed by atoms with Crippen molar-refractivity contribution in [2.75, 3.05) is 13.1 Å². The summed E-state index contributed by atoms with van der Waals surface area (Å²) in [7, 11) is 0. The van der Waals surface area contributed by atoms with Gasteiger partial charge in [-0.15, -0.1) is 0 Å². The van der Waals surface area contributed by atoms with Crippen molar-refractivity contribution in [3.05, 3.63) is 71.8 Å². The molecule has 2 aromatic rings. The zero-order chi connectivity index (χ0) is 14.2. The van der Waals surface area contributed by atoms with E-state index in [1.807, 2.05) is 0 Å². The molecule has 2 nitrogen and oxygen atoms in total. The molecule has 2 heteroatoms. The predicted molar refractivity (Wildman–Crippen MR) is 86.2 cm³/mol. The summed E-state index contributed by atoms with van der Waals surface area (Å²) < 4.78 is 0. The molecule has 2 N–H and O–H groups in total. The second kappa shape index (κ2) is 5.28. The Morgan fingerprint density at radius 2 is 1.48 bits per heavy atom. The number of hydrogen-bond acceptors (Lipinski definition) is 2. The molecule has 2 aromatic carbocycles. The minimum absolute atomic E-state index is 0.296.